The molecule has 1 heterocycles. The van der Waals surface area contributed by atoms with Gasteiger partial charge in [-0.3, -0.25) is 9.59 Å². The van der Waals surface area contributed by atoms with E-state index in [2.05, 4.69) is 25.9 Å². The zero-order valence-electron chi connectivity index (χ0n) is 26.4. The molecule has 1 aliphatic rings. The molecule has 1 aromatic heterocycles. The summed E-state index contributed by atoms with van der Waals surface area (Å²) in [5, 5.41) is 17.0. The molecular weight excluding hydrogens is 602 g/mol. The summed E-state index contributed by atoms with van der Waals surface area (Å²) in [5.74, 6) is 0.166. The van der Waals surface area contributed by atoms with Gasteiger partial charge in [-0.1, -0.05) is 30.3 Å². The van der Waals surface area contributed by atoms with Crippen molar-refractivity contribution in [1.82, 2.24) is 24.9 Å². The predicted octanol–water partition coefficient (Wildman–Crippen LogP) is 4.61. The second-order valence-electron chi connectivity index (χ2n) is 12.3. The van der Waals surface area contributed by atoms with Crippen LogP contribution in [0.4, 0.5) is 5.69 Å². The number of aromatic amines is 1. The Kier molecular flexibility index (Phi) is 10.4. The number of H-pyrrole nitrogens is 1. The van der Waals surface area contributed by atoms with E-state index in [1.54, 1.807) is 36.4 Å². The van der Waals surface area contributed by atoms with E-state index in [-0.39, 0.29) is 28.9 Å². The molecule has 3 aromatic carbocycles. The van der Waals surface area contributed by atoms with Crippen molar-refractivity contribution in [3.63, 3.8) is 0 Å². The van der Waals surface area contributed by atoms with E-state index in [4.69, 9.17) is 5.73 Å². The number of aromatic nitrogens is 4. The molecule has 4 N–H and O–H groups in total. The molecule has 0 saturated heterocycles. The fraction of sp³-hybridized carbons (Fsp3) is 0.382. The Balaban J connectivity index is 1.36. The number of nitrogens with two attached hydrogens (primary N) is 1. The van der Waals surface area contributed by atoms with Gasteiger partial charge in [0, 0.05) is 43.6 Å². The van der Waals surface area contributed by atoms with Gasteiger partial charge in [0.25, 0.3) is 0 Å². The van der Waals surface area contributed by atoms with Crippen LogP contribution >= 0.6 is 0 Å². The maximum atomic E-state index is 13.8. The molecule has 11 nitrogen and oxygen atoms in total. The average Bonchev–Trinajstić information content (AvgIpc) is 3.60. The third-order valence-corrected chi connectivity index (χ3v) is 10.7. The summed E-state index contributed by atoms with van der Waals surface area (Å²) in [6, 6.07) is 20.1. The van der Waals surface area contributed by atoms with Crippen LogP contribution in [-0.4, -0.2) is 65.7 Å². The number of nitrogens with one attached hydrogen (secondary N) is 2. The number of carbonyl (C=O) groups is 2. The van der Waals surface area contributed by atoms with Crippen molar-refractivity contribution in [2.24, 2.45) is 23.5 Å². The van der Waals surface area contributed by atoms with Crippen molar-refractivity contribution in [2.45, 2.75) is 50.3 Å². The molecule has 4 aromatic rings. The number of amides is 1. The molecule has 0 aliphatic heterocycles. The van der Waals surface area contributed by atoms with Gasteiger partial charge in [-0.2, -0.15) is 5.21 Å². The van der Waals surface area contributed by atoms with Crippen LogP contribution in [0.25, 0.3) is 22.5 Å². The summed E-state index contributed by atoms with van der Waals surface area (Å²) >= 11 is 0. The van der Waals surface area contributed by atoms with E-state index in [0.29, 0.717) is 30.4 Å². The van der Waals surface area contributed by atoms with E-state index >= 15 is 0 Å². The first kappa shape index (κ1) is 33.1. The van der Waals surface area contributed by atoms with Gasteiger partial charge in [0.15, 0.2) is 0 Å². The molecule has 0 unspecified atom stereocenters. The Labute approximate surface area is 270 Å². The molecule has 12 heteroatoms. The van der Waals surface area contributed by atoms with E-state index < -0.39 is 15.9 Å². The van der Waals surface area contributed by atoms with Gasteiger partial charge in [-0.05, 0) is 115 Å². The summed E-state index contributed by atoms with van der Waals surface area (Å²) in [4.78, 5) is 27.5. The van der Waals surface area contributed by atoms with Crippen molar-refractivity contribution in [3.8, 4) is 22.5 Å². The highest BCUT2D eigenvalue weighted by Crippen LogP contribution is 2.32. The normalized spacial score (nSPS) is 17.5. The predicted molar refractivity (Wildman–Crippen MR) is 177 cm³/mol. The second kappa shape index (κ2) is 14.4. The zero-order valence-corrected chi connectivity index (χ0v) is 27.3. The molecule has 5 rings (SSSR count). The van der Waals surface area contributed by atoms with E-state index in [1.165, 1.54) is 18.4 Å². The first-order chi connectivity index (χ1) is 22.0. The Morgan fingerprint density at radius 1 is 1.00 bits per heavy atom. The molecule has 1 amide bonds. The molecule has 1 aliphatic carbocycles. The van der Waals surface area contributed by atoms with Crippen molar-refractivity contribution in [2.75, 3.05) is 26.0 Å². The molecule has 242 valence electrons. The highest BCUT2D eigenvalue weighted by Gasteiger charge is 2.30. The number of nitrogens with zero attached hydrogens (tertiary/aromatic N) is 4. The van der Waals surface area contributed by atoms with Crippen molar-refractivity contribution in [3.05, 3.63) is 77.9 Å². The zero-order chi connectivity index (χ0) is 32.8. The number of Topliss-reactive ketones (excluding diaryl/α,β-unsaturated/α-hetero) is 1. The van der Waals surface area contributed by atoms with Gasteiger partial charge >= 0.3 is 0 Å². The Morgan fingerprint density at radius 2 is 1.74 bits per heavy atom. The quantitative estimate of drug-likeness (QED) is 0.201. The van der Waals surface area contributed by atoms with E-state index in [0.717, 1.165) is 53.5 Å². The first-order valence-corrected chi connectivity index (χ1v) is 17.0. The number of hydrogen-bond acceptors (Lipinski definition) is 8. The average molecular weight is 644 g/mol. The first-order valence-electron chi connectivity index (χ1n) is 15.5. The standard InChI is InChI=1S/C34H41N7O4S/c1-22-17-30(46(44,45)41(2)3)15-16-31(22)27-6-4-5-24(18-27)19-28(20-32(42)25-9-7-23(21-35)8-10-25)34(43)36-29-13-11-26(12-14-29)33-37-39-40-38-33/h4-6,11-18,23,25,28H,7-10,19-21,35H2,1-3H3,(H,36,43)(H,37,38,39,40)/t23?,25?,28-/m1/s1. The fourth-order valence-electron chi connectivity index (χ4n) is 6.10. The smallest absolute Gasteiger partial charge is 0.242 e. The number of ketones is 1. The molecule has 0 radical (unpaired) electrons. The van der Waals surface area contributed by atoms with Crippen molar-refractivity contribution < 1.29 is 18.0 Å². The van der Waals surface area contributed by atoms with Crippen LogP contribution in [0.1, 0.15) is 43.2 Å². The minimum absolute atomic E-state index is 0.0571. The van der Waals surface area contributed by atoms with Crippen LogP contribution in [0, 0.1) is 24.7 Å². The Hall–Kier alpha value is -4.26. The van der Waals surface area contributed by atoms with Gasteiger partial charge < -0.3 is 11.1 Å². The van der Waals surface area contributed by atoms with Crippen LogP contribution < -0.4 is 11.1 Å². The molecule has 0 bridgehead atoms. The summed E-state index contributed by atoms with van der Waals surface area (Å²) in [6.07, 6.45) is 4.00. The van der Waals surface area contributed by atoms with Crippen molar-refractivity contribution in [1.29, 1.82) is 0 Å². The molecule has 1 fully saturated rings. The maximum Gasteiger partial charge on any atom is 0.242 e. The minimum Gasteiger partial charge on any atom is -0.330 e. The number of aryl methyl sites for hydroxylation is 1. The van der Waals surface area contributed by atoms with Crippen LogP contribution in [0.5, 0.6) is 0 Å². The topological polar surface area (TPSA) is 164 Å². The lowest BCUT2D eigenvalue weighted by atomic mass is 9.77. The second-order valence-corrected chi connectivity index (χ2v) is 14.4. The van der Waals surface area contributed by atoms with E-state index in [9.17, 15) is 18.0 Å². The highest BCUT2D eigenvalue weighted by atomic mass is 32.2. The molecular formula is C34H41N7O4S. The lowest BCUT2D eigenvalue weighted by Gasteiger charge is -2.27. The van der Waals surface area contributed by atoms with Crippen LogP contribution in [0.2, 0.25) is 0 Å². The van der Waals surface area contributed by atoms with Gasteiger partial charge in [-0.15, -0.1) is 10.2 Å². The molecule has 1 atom stereocenters. The summed E-state index contributed by atoms with van der Waals surface area (Å²) in [7, 11) is -0.538. The number of sulfonamides is 1. The molecule has 0 spiro atoms. The van der Waals surface area contributed by atoms with Gasteiger partial charge in [0.05, 0.1) is 4.90 Å². The van der Waals surface area contributed by atoms with Crippen LogP contribution in [-0.2, 0) is 26.0 Å². The molecule has 1 saturated carbocycles. The van der Waals surface area contributed by atoms with E-state index in [1.807, 2.05) is 37.3 Å². The number of benzene rings is 3. The lowest BCUT2D eigenvalue weighted by Crippen LogP contribution is -2.31. The highest BCUT2D eigenvalue weighted by molar-refractivity contribution is 7.89. The number of carbonyl (C=O) groups excluding carboxylic acids is 2. The third-order valence-electron chi connectivity index (χ3n) is 8.91. The summed E-state index contributed by atoms with van der Waals surface area (Å²) in [5.41, 5.74) is 10.8. The van der Waals surface area contributed by atoms with Gasteiger partial charge in [0.1, 0.15) is 5.78 Å². The van der Waals surface area contributed by atoms with Crippen LogP contribution in [0.15, 0.2) is 71.6 Å². The lowest BCUT2D eigenvalue weighted by molar-refractivity contribution is -0.129. The maximum absolute atomic E-state index is 13.8. The van der Waals surface area contributed by atoms with Gasteiger partial charge in [0.2, 0.25) is 21.8 Å². The Bertz CT molecular complexity index is 1770. The third kappa shape index (κ3) is 7.75. The number of tetrazole rings is 1. The van der Waals surface area contributed by atoms with Crippen molar-refractivity contribution >= 4 is 27.4 Å². The summed E-state index contributed by atoms with van der Waals surface area (Å²) < 4.78 is 26.5. The Morgan fingerprint density at radius 3 is 2.37 bits per heavy atom. The minimum atomic E-state index is -3.56. The summed E-state index contributed by atoms with van der Waals surface area (Å²) in [6.45, 7) is 2.52. The largest absolute Gasteiger partial charge is 0.330 e. The monoisotopic (exact) mass is 643 g/mol. The fourth-order valence-corrected chi connectivity index (χ4v) is 7.09. The number of anilines is 1. The van der Waals surface area contributed by atoms with Gasteiger partial charge in [-0.25, -0.2) is 12.7 Å². The molecule has 46 heavy (non-hydrogen) atoms. The number of rotatable bonds is 12. The van der Waals surface area contributed by atoms with Crippen LogP contribution in [0.3, 0.4) is 0 Å². The SMILES string of the molecule is Cc1cc(S(=O)(=O)N(C)C)ccc1-c1cccc(C[C@H](CC(=O)C2CCC(CN)CC2)C(=O)Nc2ccc(-c3nn[nH]n3)cc2)c1. The number of hydrogen-bond donors (Lipinski definition) is 3.